The highest BCUT2D eigenvalue weighted by atomic mass is 32.2. The van der Waals surface area contributed by atoms with Gasteiger partial charge in [0.1, 0.15) is 0 Å². The molecular weight excluding hydrogens is 216 g/mol. The zero-order chi connectivity index (χ0) is 10.3. The summed E-state index contributed by atoms with van der Waals surface area (Å²) in [5.74, 6) is 0. The topological polar surface area (TPSA) is 77.5 Å². The molecule has 0 aromatic heterocycles. The zero-order valence-corrected chi connectivity index (χ0v) is 9.06. The lowest BCUT2D eigenvalue weighted by Crippen LogP contribution is -2.41. The maximum Gasteiger partial charge on any atom is 0.264 e. The second-order valence-corrected chi connectivity index (χ2v) is 7.27. The van der Waals surface area contributed by atoms with Crippen LogP contribution in [0.1, 0.15) is 12.8 Å². The van der Waals surface area contributed by atoms with E-state index >= 15 is 0 Å². The SMILES string of the molecule is CS(=O)(=O)OC1CC(S(C)(=O)=O)C1. The van der Waals surface area contributed by atoms with Gasteiger partial charge in [-0.2, -0.15) is 8.42 Å². The van der Waals surface area contributed by atoms with Crippen LogP contribution in [0.4, 0.5) is 0 Å². The Balaban J connectivity index is 2.44. The van der Waals surface area contributed by atoms with E-state index in [1.165, 1.54) is 0 Å². The van der Waals surface area contributed by atoms with Crippen molar-refractivity contribution in [2.75, 3.05) is 12.5 Å². The van der Waals surface area contributed by atoms with Crippen molar-refractivity contribution in [3.63, 3.8) is 0 Å². The van der Waals surface area contributed by atoms with Gasteiger partial charge in [0.25, 0.3) is 10.1 Å². The van der Waals surface area contributed by atoms with Gasteiger partial charge in [-0.1, -0.05) is 0 Å². The van der Waals surface area contributed by atoms with Crippen LogP contribution in [-0.4, -0.2) is 40.7 Å². The minimum Gasteiger partial charge on any atom is -0.267 e. The summed E-state index contributed by atoms with van der Waals surface area (Å²) in [5, 5.41) is -0.431. The van der Waals surface area contributed by atoms with E-state index < -0.39 is 31.3 Å². The number of hydrogen-bond acceptors (Lipinski definition) is 5. The Bertz CT molecular complexity index is 373. The second-order valence-electron chi connectivity index (χ2n) is 3.35. The molecule has 0 heterocycles. The first-order valence-electron chi connectivity index (χ1n) is 3.75. The van der Waals surface area contributed by atoms with Crippen LogP contribution < -0.4 is 0 Å². The molecule has 0 amide bonds. The molecule has 1 fully saturated rings. The van der Waals surface area contributed by atoms with Gasteiger partial charge in [-0.15, -0.1) is 0 Å². The van der Waals surface area contributed by atoms with Crippen LogP contribution in [-0.2, 0) is 24.1 Å². The molecule has 0 unspecified atom stereocenters. The second kappa shape index (κ2) is 3.21. The fraction of sp³-hybridized carbons (Fsp3) is 1.00. The van der Waals surface area contributed by atoms with Crippen LogP contribution in [0.5, 0.6) is 0 Å². The van der Waals surface area contributed by atoms with Gasteiger partial charge >= 0.3 is 0 Å². The number of sulfone groups is 1. The van der Waals surface area contributed by atoms with E-state index in [9.17, 15) is 16.8 Å². The lowest BCUT2D eigenvalue weighted by atomic mass is 9.96. The fourth-order valence-electron chi connectivity index (χ4n) is 1.19. The van der Waals surface area contributed by atoms with Crippen LogP contribution in [0.15, 0.2) is 0 Å². The predicted molar refractivity (Wildman–Crippen MR) is 47.6 cm³/mol. The van der Waals surface area contributed by atoms with Crippen molar-refractivity contribution >= 4 is 20.0 Å². The van der Waals surface area contributed by atoms with Gasteiger partial charge in [0.2, 0.25) is 0 Å². The molecule has 1 rings (SSSR count). The normalized spacial score (nSPS) is 29.7. The highest BCUT2D eigenvalue weighted by Crippen LogP contribution is 2.29. The van der Waals surface area contributed by atoms with Crippen LogP contribution in [0.25, 0.3) is 0 Å². The van der Waals surface area contributed by atoms with E-state index in [-0.39, 0.29) is 12.8 Å². The maximum atomic E-state index is 10.9. The van der Waals surface area contributed by atoms with Crippen molar-refractivity contribution in [3.05, 3.63) is 0 Å². The third-order valence-electron chi connectivity index (χ3n) is 1.97. The summed E-state index contributed by atoms with van der Waals surface area (Å²) in [7, 11) is -6.48. The molecule has 0 N–H and O–H groups in total. The predicted octanol–water partition coefficient (Wildman–Crippen LogP) is -0.462. The third-order valence-corrected chi connectivity index (χ3v) is 4.19. The average Bonchev–Trinajstić information content (AvgIpc) is 1.71. The lowest BCUT2D eigenvalue weighted by Gasteiger charge is -2.32. The van der Waals surface area contributed by atoms with E-state index in [0.717, 1.165) is 12.5 Å². The average molecular weight is 228 g/mol. The fourth-order valence-corrected chi connectivity index (χ4v) is 2.97. The van der Waals surface area contributed by atoms with Crippen LogP contribution >= 0.6 is 0 Å². The molecule has 0 atom stereocenters. The molecule has 0 spiro atoms. The van der Waals surface area contributed by atoms with Crippen molar-refractivity contribution in [2.24, 2.45) is 0 Å². The monoisotopic (exact) mass is 228 g/mol. The van der Waals surface area contributed by atoms with Crippen molar-refractivity contribution < 1.29 is 21.0 Å². The summed E-state index contributed by atoms with van der Waals surface area (Å²) in [5.41, 5.74) is 0. The van der Waals surface area contributed by atoms with E-state index in [0.29, 0.717) is 0 Å². The Morgan fingerprint density at radius 1 is 1.08 bits per heavy atom. The Hall–Kier alpha value is -0.140. The summed E-state index contributed by atoms with van der Waals surface area (Å²) in [6, 6.07) is 0. The van der Waals surface area contributed by atoms with Crippen molar-refractivity contribution in [3.8, 4) is 0 Å². The molecule has 78 valence electrons. The molecule has 1 aliphatic carbocycles. The molecule has 13 heavy (non-hydrogen) atoms. The third kappa shape index (κ3) is 3.24. The summed E-state index contributed by atoms with van der Waals surface area (Å²) in [6.45, 7) is 0. The first kappa shape index (κ1) is 10.9. The molecule has 0 aromatic carbocycles. The van der Waals surface area contributed by atoms with E-state index in [1.54, 1.807) is 0 Å². The van der Waals surface area contributed by atoms with Crippen molar-refractivity contribution in [1.29, 1.82) is 0 Å². The minimum atomic E-state index is -3.45. The summed E-state index contributed by atoms with van der Waals surface area (Å²) in [6.07, 6.45) is 2.22. The molecule has 0 saturated heterocycles. The van der Waals surface area contributed by atoms with Gasteiger partial charge in [0.15, 0.2) is 9.84 Å². The van der Waals surface area contributed by atoms with Crippen LogP contribution in [0, 0.1) is 0 Å². The number of hydrogen-bond donors (Lipinski definition) is 0. The highest BCUT2D eigenvalue weighted by molar-refractivity contribution is 7.91. The molecule has 5 nitrogen and oxygen atoms in total. The van der Waals surface area contributed by atoms with E-state index in [2.05, 4.69) is 4.18 Å². The quantitative estimate of drug-likeness (QED) is 0.611. The molecule has 1 saturated carbocycles. The summed E-state index contributed by atoms with van der Waals surface area (Å²) in [4.78, 5) is 0. The minimum absolute atomic E-state index is 0.284. The maximum absolute atomic E-state index is 10.9. The molecule has 0 bridgehead atoms. The Labute approximate surface area is 78.1 Å². The van der Waals surface area contributed by atoms with E-state index in [4.69, 9.17) is 0 Å². The molecular formula is C6H12O5S2. The molecule has 0 radical (unpaired) electrons. The smallest absolute Gasteiger partial charge is 0.264 e. The van der Waals surface area contributed by atoms with Gasteiger partial charge in [-0.3, -0.25) is 4.18 Å². The first-order valence-corrected chi connectivity index (χ1v) is 7.53. The Morgan fingerprint density at radius 3 is 1.85 bits per heavy atom. The van der Waals surface area contributed by atoms with Gasteiger partial charge in [-0.25, -0.2) is 8.42 Å². The molecule has 0 aromatic rings. The molecule has 1 aliphatic rings. The summed E-state index contributed by atoms with van der Waals surface area (Å²) >= 11 is 0. The lowest BCUT2D eigenvalue weighted by molar-refractivity contribution is 0.132. The first-order chi connectivity index (χ1) is 5.68. The highest BCUT2D eigenvalue weighted by Gasteiger charge is 2.38. The zero-order valence-electron chi connectivity index (χ0n) is 7.43. The van der Waals surface area contributed by atoms with Gasteiger partial charge in [0, 0.05) is 6.26 Å². The van der Waals surface area contributed by atoms with Gasteiger partial charge < -0.3 is 0 Å². The van der Waals surface area contributed by atoms with Crippen molar-refractivity contribution in [2.45, 2.75) is 24.2 Å². The Kier molecular flexibility index (Phi) is 2.70. The Morgan fingerprint density at radius 2 is 1.54 bits per heavy atom. The number of rotatable bonds is 3. The molecule has 0 aliphatic heterocycles. The van der Waals surface area contributed by atoms with E-state index in [1.807, 2.05) is 0 Å². The van der Waals surface area contributed by atoms with Gasteiger partial charge in [0.05, 0.1) is 17.6 Å². The van der Waals surface area contributed by atoms with Gasteiger partial charge in [-0.05, 0) is 12.8 Å². The van der Waals surface area contributed by atoms with Crippen molar-refractivity contribution in [1.82, 2.24) is 0 Å². The van der Waals surface area contributed by atoms with Crippen LogP contribution in [0.3, 0.4) is 0 Å². The summed E-state index contributed by atoms with van der Waals surface area (Å²) < 4.78 is 47.7. The largest absolute Gasteiger partial charge is 0.267 e. The van der Waals surface area contributed by atoms with Crippen LogP contribution in [0.2, 0.25) is 0 Å². The molecule has 7 heteroatoms. The standard InChI is InChI=1S/C6H12O5S2/c1-12(7,8)6-3-5(4-6)11-13(2,9)10/h5-6H,3-4H2,1-2H3.